The van der Waals surface area contributed by atoms with Gasteiger partial charge in [-0.15, -0.1) is 11.6 Å². The molecule has 5 nitrogen and oxygen atoms in total. The van der Waals surface area contributed by atoms with Crippen LogP contribution in [-0.4, -0.2) is 43.0 Å². The molecule has 1 aliphatic rings. The summed E-state index contributed by atoms with van der Waals surface area (Å²) in [5.41, 5.74) is 0.648. The lowest BCUT2D eigenvalue weighted by Gasteiger charge is -2.29. The van der Waals surface area contributed by atoms with E-state index in [1.807, 2.05) is 4.90 Å². The Bertz CT molecular complexity index is 507. The minimum Gasteiger partial charge on any atom is -0.354 e. The van der Waals surface area contributed by atoms with Gasteiger partial charge < -0.3 is 4.90 Å². The van der Waals surface area contributed by atoms with Crippen molar-refractivity contribution < 1.29 is 8.42 Å². The van der Waals surface area contributed by atoms with Gasteiger partial charge in [0.05, 0.1) is 17.4 Å². The van der Waals surface area contributed by atoms with Crippen LogP contribution in [0.15, 0.2) is 6.33 Å². The SMILES string of the molecule is O=S1(=O)CCN(c2ncnc(Cl)c2CCl)CC1. The zero-order chi connectivity index (χ0) is 12.5. The molecule has 0 radical (unpaired) electrons. The molecule has 0 spiro atoms. The van der Waals surface area contributed by atoms with Crippen molar-refractivity contribution in [3.8, 4) is 0 Å². The van der Waals surface area contributed by atoms with Gasteiger partial charge >= 0.3 is 0 Å². The lowest BCUT2D eigenvalue weighted by atomic mass is 10.3. The molecule has 0 atom stereocenters. The average Bonchev–Trinajstić information content (AvgIpc) is 2.29. The normalized spacial score (nSPS) is 19.3. The number of hydrogen-bond acceptors (Lipinski definition) is 5. The Morgan fingerprint density at radius 1 is 1.29 bits per heavy atom. The fraction of sp³-hybridized carbons (Fsp3) is 0.556. The number of sulfone groups is 1. The van der Waals surface area contributed by atoms with Gasteiger partial charge in [-0.1, -0.05) is 11.6 Å². The van der Waals surface area contributed by atoms with Crippen LogP contribution in [-0.2, 0) is 15.7 Å². The number of nitrogens with zero attached hydrogens (tertiary/aromatic N) is 3. The number of anilines is 1. The van der Waals surface area contributed by atoms with Crippen LogP contribution in [0.1, 0.15) is 5.56 Å². The van der Waals surface area contributed by atoms with Crippen molar-refractivity contribution in [2.45, 2.75) is 5.88 Å². The molecule has 1 aromatic rings. The molecule has 0 bridgehead atoms. The molecular weight excluding hydrogens is 285 g/mol. The third-order valence-corrected chi connectivity index (χ3v) is 4.85. The van der Waals surface area contributed by atoms with Gasteiger partial charge in [0.15, 0.2) is 9.84 Å². The van der Waals surface area contributed by atoms with Crippen LogP contribution < -0.4 is 4.90 Å². The Morgan fingerprint density at radius 3 is 2.53 bits per heavy atom. The highest BCUT2D eigenvalue weighted by molar-refractivity contribution is 7.91. The van der Waals surface area contributed by atoms with E-state index in [1.54, 1.807) is 0 Å². The highest BCUT2D eigenvalue weighted by atomic mass is 35.5. The second kappa shape index (κ2) is 4.96. The molecule has 0 unspecified atom stereocenters. The standard InChI is InChI=1S/C9H11Cl2N3O2S/c10-5-7-8(11)12-6-13-9(7)14-1-3-17(15,16)4-2-14/h6H,1-5H2. The predicted octanol–water partition coefficient (Wildman–Crippen LogP) is 1.10. The zero-order valence-electron chi connectivity index (χ0n) is 8.94. The molecule has 1 saturated heterocycles. The minimum atomic E-state index is -2.90. The van der Waals surface area contributed by atoms with Gasteiger partial charge in [-0.05, 0) is 0 Å². The number of alkyl halides is 1. The summed E-state index contributed by atoms with van der Waals surface area (Å²) in [6.07, 6.45) is 1.36. The number of halogens is 2. The van der Waals surface area contributed by atoms with E-state index in [9.17, 15) is 8.42 Å². The fourth-order valence-electron chi connectivity index (χ4n) is 1.69. The molecule has 1 fully saturated rings. The minimum absolute atomic E-state index is 0.135. The molecule has 1 aromatic heterocycles. The van der Waals surface area contributed by atoms with E-state index < -0.39 is 9.84 Å². The third-order valence-electron chi connectivity index (χ3n) is 2.65. The summed E-state index contributed by atoms with van der Waals surface area (Å²) in [5, 5.41) is 0.318. The maximum absolute atomic E-state index is 11.3. The van der Waals surface area contributed by atoms with Gasteiger partial charge in [0.25, 0.3) is 0 Å². The van der Waals surface area contributed by atoms with Gasteiger partial charge in [-0.3, -0.25) is 0 Å². The molecule has 1 aliphatic heterocycles. The molecule has 94 valence electrons. The van der Waals surface area contributed by atoms with Crippen LogP contribution in [0.5, 0.6) is 0 Å². The van der Waals surface area contributed by atoms with Crippen LogP contribution >= 0.6 is 23.2 Å². The Kier molecular flexibility index (Phi) is 3.75. The van der Waals surface area contributed by atoms with Crippen molar-refractivity contribution in [3.63, 3.8) is 0 Å². The van der Waals surface area contributed by atoms with Crippen molar-refractivity contribution in [2.75, 3.05) is 29.5 Å². The average molecular weight is 296 g/mol. The van der Waals surface area contributed by atoms with E-state index in [2.05, 4.69) is 9.97 Å². The van der Waals surface area contributed by atoms with Gasteiger partial charge in [0.2, 0.25) is 0 Å². The molecule has 0 aliphatic carbocycles. The summed E-state index contributed by atoms with van der Waals surface area (Å²) < 4.78 is 22.7. The van der Waals surface area contributed by atoms with E-state index >= 15 is 0 Å². The molecule has 2 rings (SSSR count). The zero-order valence-corrected chi connectivity index (χ0v) is 11.3. The van der Waals surface area contributed by atoms with E-state index in [1.165, 1.54) is 6.33 Å². The fourth-order valence-corrected chi connectivity index (χ4v) is 3.40. The van der Waals surface area contributed by atoms with Crippen molar-refractivity contribution in [1.29, 1.82) is 0 Å². The summed E-state index contributed by atoms with van der Waals surface area (Å²) >= 11 is 11.7. The Balaban J connectivity index is 2.27. The Morgan fingerprint density at radius 2 is 1.94 bits per heavy atom. The smallest absolute Gasteiger partial charge is 0.153 e. The van der Waals surface area contributed by atoms with E-state index in [-0.39, 0.29) is 17.4 Å². The highest BCUT2D eigenvalue weighted by Gasteiger charge is 2.24. The van der Waals surface area contributed by atoms with Crippen LogP contribution in [0.2, 0.25) is 5.15 Å². The first-order valence-electron chi connectivity index (χ1n) is 5.04. The van der Waals surface area contributed by atoms with Crippen LogP contribution in [0.4, 0.5) is 5.82 Å². The van der Waals surface area contributed by atoms with Crippen LogP contribution in [0.3, 0.4) is 0 Å². The van der Waals surface area contributed by atoms with Gasteiger partial charge in [-0.2, -0.15) is 0 Å². The van der Waals surface area contributed by atoms with Gasteiger partial charge in [0.1, 0.15) is 17.3 Å². The first kappa shape index (κ1) is 12.9. The maximum atomic E-state index is 11.3. The molecule has 17 heavy (non-hydrogen) atoms. The van der Waals surface area contributed by atoms with Crippen molar-refractivity contribution in [3.05, 3.63) is 17.0 Å². The molecular formula is C9H11Cl2N3O2S. The first-order valence-corrected chi connectivity index (χ1v) is 7.77. The molecule has 8 heteroatoms. The highest BCUT2D eigenvalue weighted by Crippen LogP contribution is 2.26. The topological polar surface area (TPSA) is 63.2 Å². The largest absolute Gasteiger partial charge is 0.354 e. The molecule has 0 saturated carbocycles. The lowest BCUT2D eigenvalue weighted by molar-refractivity contribution is 0.586. The lowest BCUT2D eigenvalue weighted by Crippen LogP contribution is -2.41. The summed E-state index contributed by atoms with van der Waals surface area (Å²) in [4.78, 5) is 9.87. The molecule has 0 aromatic carbocycles. The molecule has 2 heterocycles. The van der Waals surface area contributed by atoms with Gasteiger partial charge in [0, 0.05) is 18.7 Å². The van der Waals surface area contributed by atoms with E-state index in [0.717, 1.165) is 0 Å². The number of rotatable bonds is 2. The maximum Gasteiger partial charge on any atom is 0.153 e. The molecule has 0 N–H and O–H groups in total. The number of aromatic nitrogens is 2. The molecule has 0 amide bonds. The van der Waals surface area contributed by atoms with E-state index in [0.29, 0.717) is 29.6 Å². The second-order valence-corrected chi connectivity index (χ2v) is 6.67. The quantitative estimate of drug-likeness (QED) is 0.604. The summed E-state index contributed by atoms with van der Waals surface area (Å²) in [6, 6.07) is 0. The monoisotopic (exact) mass is 295 g/mol. The van der Waals surface area contributed by atoms with E-state index in [4.69, 9.17) is 23.2 Å². The van der Waals surface area contributed by atoms with Crippen LogP contribution in [0.25, 0.3) is 0 Å². The summed E-state index contributed by atoms with van der Waals surface area (Å²) in [7, 11) is -2.90. The summed E-state index contributed by atoms with van der Waals surface area (Å²) in [6.45, 7) is 0.832. The predicted molar refractivity (Wildman–Crippen MR) is 67.5 cm³/mol. The third kappa shape index (κ3) is 2.81. The Hall–Kier alpha value is -0.590. The Labute approximate surface area is 110 Å². The second-order valence-electron chi connectivity index (χ2n) is 3.74. The van der Waals surface area contributed by atoms with Crippen LogP contribution in [0, 0.1) is 0 Å². The van der Waals surface area contributed by atoms with Crippen molar-refractivity contribution in [1.82, 2.24) is 9.97 Å². The van der Waals surface area contributed by atoms with Crippen molar-refractivity contribution >= 4 is 38.9 Å². The van der Waals surface area contributed by atoms with Gasteiger partial charge in [-0.25, -0.2) is 18.4 Å². The first-order chi connectivity index (χ1) is 8.03. The summed E-state index contributed by atoms with van der Waals surface area (Å²) in [5.74, 6) is 1.11. The number of hydrogen-bond donors (Lipinski definition) is 0. The van der Waals surface area contributed by atoms with Crippen molar-refractivity contribution in [2.24, 2.45) is 0 Å².